The van der Waals surface area contributed by atoms with Gasteiger partial charge in [0.25, 0.3) is 0 Å². The zero-order valence-corrected chi connectivity index (χ0v) is 17.9. The monoisotopic (exact) mass is 406 g/mol. The van der Waals surface area contributed by atoms with Gasteiger partial charge in [-0.15, -0.1) is 5.10 Å². The molecule has 1 aliphatic heterocycles. The van der Waals surface area contributed by atoms with Crippen LogP contribution in [0.4, 0.5) is 11.5 Å². The highest BCUT2D eigenvalue weighted by Crippen LogP contribution is 2.30. The van der Waals surface area contributed by atoms with E-state index in [2.05, 4.69) is 63.0 Å². The molecule has 0 amide bonds. The van der Waals surface area contributed by atoms with E-state index < -0.39 is 0 Å². The third-order valence-corrected chi connectivity index (χ3v) is 5.81. The first-order valence-corrected chi connectivity index (χ1v) is 10.4. The number of nitrogens with one attached hydrogen (secondary N) is 2. The molecule has 158 valence electrons. The normalized spacial score (nSPS) is 15.4. The fourth-order valence-corrected chi connectivity index (χ4v) is 4.05. The number of rotatable bonds is 6. The molecular weight excluding hydrogens is 376 g/mol. The van der Waals surface area contributed by atoms with Crippen LogP contribution in [0, 0.1) is 13.8 Å². The lowest BCUT2D eigenvalue weighted by molar-refractivity contribution is 0.122. The Hall–Kier alpha value is -2.74. The van der Waals surface area contributed by atoms with Crippen LogP contribution < -0.4 is 21.3 Å². The Morgan fingerprint density at radius 3 is 2.67 bits per heavy atom. The third kappa shape index (κ3) is 4.09. The molecule has 2 heterocycles. The molecule has 0 unspecified atom stereocenters. The minimum atomic E-state index is -0.381. The summed E-state index contributed by atoms with van der Waals surface area (Å²) < 4.78 is 5.49. The van der Waals surface area contributed by atoms with Gasteiger partial charge in [-0.1, -0.05) is 24.3 Å². The number of ether oxygens (including phenoxy) is 1. The number of morpholine rings is 1. The predicted octanol–water partition coefficient (Wildman–Crippen LogP) is 2.87. The van der Waals surface area contributed by atoms with Gasteiger partial charge in [-0.05, 0) is 49.7 Å². The van der Waals surface area contributed by atoms with E-state index in [1.807, 2.05) is 20.0 Å². The Labute approximate surface area is 177 Å². The Bertz CT molecular complexity index is 1030. The lowest BCUT2D eigenvalue weighted by atomic mass is 10.00. The van der Waals surface area contributed by atoms with Crippen LogP contribution in [-0.4, -0.2) is 43.5 Å². The van der Waals surface area contributed by atoms with Gasteiger partial charge in [-0.3, -0.25) is 0 Å². The molecule has 0 bridgehead atoms. The Balaban J connectivity index is 1.68. The molecule has 3 aromatic rings. The van der Waals surface area contributed by atoms with E-state index in [1.54, 1.807) is 0 Å². The standard InChI is InChI=1S/C23H30N6O/c1-15-17(14-25-3)5-4-6-19(15)22(24)26-23-21-13-18(29-9-11-30-12-10-29)7-8-20(21)16(2)27-28-23/h4-8,13,22,25H,9-12,14,24H2,1-3H3,(H,26,28)/t22-/m0/s1. The van der Waals surface area contributed by atoms with Crippen LogP contribution in [0.15, 0.2) is 36.4 Å². The largest absolute Gasteiger partial charge is 0.378 e. The average Bonchev–Trinajstić information content (AvgIpc) is 2.77. The predicted molar refractivity (Wildman–Crippen MR) is 122 cm³/mol. The number of benzene rings is 2. The maximum atomic E-state index is 6.58. The fraction of sp³-hybridized carbons (Fsp3) is 0.391. The molecule has 1 aromatic heterocycles. The van der Waals surface area contributed by atoms with Gasteiger partial charge in [-0.2, -0.15) is 5.10 Å². The van der Waals surface area contributed by atoms with Crippen molar-refractivity contribution in [2.24, 2.45) is 5.73 Å². The van der Waals surface area contributed by atoms with E-state index in [1.165, 1.54) is 16.8 Å². The number of anilines is 2. The summed E-state index contributed by atoms with van der Waals surface area (Å²) in [5.41, 5.74) is 12.1. The van der Waals surface area contributed by atoms with Crippen molar-refractivity contribution in [3.8, 4) is 0 Å². The molecule has 30 heavy (non-hydrogen) atoms. The molecule has 0 saturated carbocycles. The van der Waals surface area contributed by atoms with Gasteiger partial charge in [0.15, 0.2) is 5.82 Å². The van der Waals surface area contributed by atoms with Crippen LogP contribution in [-0.2, 0) is 11.3 Å². The molecular formula is C23H30N6O. The Kier molecular flexibility index (Phi) is 6.13. The summed E-state index contributed by atoms with van der Waals surface area (Å²) in [5.74, 6) is 0.705. The molecule has 0 spiro atoms. The van der Waals surface area contributed by atoms with Crippen molar-refractivity contribution in [3.63, 3.8) is 0 Å². The van der Waals surface area contributed by atoms with E-state index in [9.17, 15) is 0 Å². The van der Waals surface area contributed by atoms with Crippen molar-refractivity contribution >= 4 is 22.3 Å². The van der Waals surface area contributed by atoms with Gasteiger partial charge in [0, 0.05) is 36.1 Å². The number of aryl methyl sites for hydroxylation is 1. The molecule has 4 N–H and O–H groups in total. The second-order valence-electron chi connectivity index (χ2n) is 7.75. The topological polar surface area (TPSA) is 88.3 Å². The van der Waals surface area contributed by atoms with Gasteiger partial charge < -0.3 is 26.0 Å². The highest BCUT2D eigenvalue weighted by Gasteiger charge is 2.17. The highest BCUT2D eigenvalue weighted by atomic mass is 16.5. The van der Waals surface area contributed by atoms with Gasteiger partial charge >= 0.3 is 0 Å². The molecule has 0 aliphatic carbocycles. The molecule has 7 heteroatoms. The number of hydrogen-bond acceptors (Lipinski definition) is 7. The molecule has 1 fully saturated rings. The zero-order valence-electron chi connectivity index (χ0n) is 17.9. The zero-order chi connectivity index (χ0) is 21.1. The van der Waals surface area contributed by atoms with Gasteiger partial charge in [0.05, 0.1) is 18.9 Å². The van der Waals surface area contributed by atoms with Gasteiger partial charge in [0.2, 0.25) is 0 Å². The van der Waals surface area contributed by atoms with E-state index in [0.717, 1.165) is 54.9 Å². The van der Waals surface area contributed by atoms with Gasteiger partial charge in [0.1, 0.15) is 6.17 Å². The lowest BCUT2D eigenvalue weighted by Crippen LogP contribution is -2.36. The second-order valence-corrected chi connectivity index (χ2v) is 7.75. The van der Waals surface area contributed by atoms with Crippen LogP contribution in [0.1, 0.15) is 28.6 Å². The average molecular weight is 407 g/mol. The summed E-state index contributed by atoms with van der Waals surface area (Å²) in [6, 6.07) is 12.7. The minimum absolute atomic E-state index is 0.381. The number of nitrogens with zero attached hydrogens (tertiary/aromatic N) is 3. The maximum absolute atomic E-state index is 6.58. The summed E-state index contributed by atoms with van der Waals surface area (Å²) in [5, 5.41) is 17.5. The van der Waals surface area contributed by atoms with Crippen LogP contribution in [0.5, 0.6) is 0 Å². The SMILES string of the molecule is CNCc1cccc([C@@H](N)Nc2nnc(C)c3ccc(N4CCOCC4)cc23)c1C. The first-order valence-electron chi connectivity index (χ1n) is 10.4. The van der Waals surface area contributed by atoms with Crippen LogP contribution in [0.25, 0.3) is 10.8 Å². The smallest absolute Gasteiger partial charge is 0.158 e. The van der Waals surface area contributed by atoms with Crippen molar-refractivity contribution in [2.75, 3.05) is 43.6 Å². The summed E-state index contributed by atoms with van der Waals surface area (Å²) in [6.45, 7) is 8.19. The number of nitrogens with two attached hydrogens (primary N) is 1. The number of fused-ring (bicyclic) bond motifs is 1. The molecule has 1 atom stereocenters. The van der Waals surface area contributed by atoms with E-state index in [4.69, 9.17) is 10.5 Å². The molecule has 1 saturated heterocycles. The van der Waals surface area contributed by atoms with E-state index >= 15 is 0 Å². The summed E-state index contributed by atoms with van der Waals surface area (Å²) in [6.07, 6.45) is -0.381. The van der Waals surface area contributed by atoms with Crippen molar-refractivity contribution in [1.29, 1.82) is 0 Å². The molecule has 2 aromatic carbocycles. The lowest BCUT2D eigenvalue weighted by Gasteiger charge is -2.29. The van der Waals surface area contributed by atoms with Crippen molar-refractivity contribution in [2.45, 2.75) is 26.6 Å². The van der Waals surface area contributed by atoms with Gasteiger partial charge in [-0.25, -0.2) is 0 Å². The van der Waals surface area contributed by atoms with Crippen molar-refractivity contribution in [1.82, 2.24) is 15.5 Å². The Morgan fingerprint density at radius 2 is 1.90 bits per heavy atom. The number of aromatic nitrogens is 2. The molecule has 0 radical (unpaired) electrons. The second kappa shape index (κ2) is 8.95. The number of hydrogen-bond donors (Lipinski definition) is 3. The third-order valence-electron chi connectivity index (χ3n) is 5.81. The summed E-state index contributed by atoms with van der Waals surface area (Å²) in [4.78, 5) is 2.34. The minimum Gasteiger partial charge on any atom is -0.378 e. The van der Waals surface area contributed by atoms with Crippen LogP contribution in [0.3, 0.4) is 0 Å². The maximum Gasteiger partial charge on any atom is 0.158 e. The van der Waals surface area contributed by atoms with Crippen molar-refractivity contribution in [3.05, 3.63) is 58.8 Å². The van der Waals surface area contributed by atoms with Crippen LogP contribution >= 0.6 is 0 Å². The van der Waals surface area contributed by atoms with Crippen molar-refractivity contribution < 1.29 is 4.74 Å². The van der Waals surface area contributed by atoms with E-state index in [0.29, 0.717) is 5.82 Å². The quantitative estimate of drug-likeness (QED) is 0.543. The van der Waals surface area contributed by atoms with E-state index in [-0.39, 0.29) is 6.17 Å². The first-order chi connectivity index (χ1) is 14.6. The summed E-state index contributed by atoms with van der Waals surface area (Å²) >= 11 is 0. The fourth-order valence-electron chi connectivity index (χ4n) is 4.05. The highest BCUT2D eigenvalue weighted by molar-refractivity contribution is 5.95. The summed E-state index contributed by atoms with van der Waals surface area (Å²) in [7, 11) is 1.95. The molecule has 1 aliphatic rings. The molecule has 7 nitrogen and oxygen atoms in total. The Morgan fingerprint density at radius 1 is 1.10 bits per heavy atom. The van der Waals surface area contributed by atoms with Crippen LogP contribution in [0.2, 0.25) is 0 Å². The molecule has 4 rings (SSSR count). The first kappa shape index (κ1) is 20.5.